The van der Waals surface area contributed by atoms with Crippen LogP contribution < -0.4 is 10.7 Å². The predicted octanol–water partition coefficient (Wildman–Crippen LogP) is 0.287. The van der Waals surface area contributed by atoms with E-state index in [4.69, 9.17) is 4.74 Å². The number of carbonyl (C=O) groups is 1. The van der Waals surface area contributed by atoms with Gasteiger partial charge in [-0.1, -0.05) is 0 Å². The van der Waals surface area contributed by atoms with Crippen LogP contribution >= 0.6 is 0 Å². The quantitative estimate of drug-likeness (QED) is 0.872. The van der Waals surface area contributed by atoms with Gasteiger partial charge in [-0.05, 0) is 32.9 Å². The first-order chi connectivity index (χ1) is 10.6. The smallest absolute Gasteiger partial charge is 0.268 e. The van der Waals surface area contributed by atoms with Crippen molar-refractivity contribution in [2.24, 2.45) is 7.05 Å². The van der Waals surface area contributed by atoms with Crippen LogP contribution in [0.4, 0.5) is 0 Å². The van der Waals surface area contributed by atoms with Crippen LogP contribution in [0.5, 0.6) is 0 Å². The summed E-state index contributed by atoms with van der Waals surface area (Å²) in [5.41, 5.74) is 1.04. The van der Waals surface area contributed by atoms with Crippen LogP contribution in [0.25, 0.3) is 0 Å². The summed E-state index contributed by atoms with van der Waals surface area (Å²) in [6.07, 6.45) is 2.42. The number of pyridine rings is 1. The second-order valence-electron chi connectivity index (χ2n) is 6.20. The molecule has 0 radical (unpaired) electrons. The maximum Gasteiger partial charge on any atom is 0.268 e. The third-order valence-electron chi connectivity index (χ3n) is 4.73. The number of carbonyl (C=O) groups excluding carboxylic acids is 1. The van der Waals surface area contributed by atoms with Crippen molar-refractivity contribution in [2.45, 2.75) is 31.8 Å². The Hall–Kier alpha value is -1.66. The summed E-state index contributed by atoms with van der Waals surface area (Å²) < 4.78 is 7.32. The third-order valence-corrected chi connectivity index (χ3v) is 4.73. The van der Waals surface area contributed by atoms with Crippen molar-refractivity contribution in [1.29, 1.82) is 0 Å². The number of amides is 1. The van der Waals surface area contributed by atoms with Crippen LogP contribution in [0, 0.1) is 6.92 Å². The minimum absolute atomic E-state index is 0.0128. The molecule has 2 saturated heterocycles. The summed E-state index contributed by atoms with van der Waals surface area (Å²) in [7, 11) is 1.80. The number of aromatic nitrogens is 1. The van der Waals surface area contributed by atoms with Crippen molar-refractivity contribution in [3.05, 3.63) is 33.7 Å². The molecule has 2 fully saturated rings. The van der Waals surface area contributed by atoms with Crippen molar-refractivity contribution in [2.75, 3.05) is 26.3 Å². The van der Waals surface area contributed by atoms with Crippen molar-refractivity contribution >= 4 is 5.91 Å². The summed E-state index contributed by atoms with van der Waals surface area (Å²) in [5, 5.41) is 3.05. The number of nitrogens with zero attached hydrogens (tertiary/aromatic N) is 2. The van der Waals surface area contributed by atoms with Gasteiger partial charge in [0.2, 0.25) is 0 Å². The minimum Gasteiger partial charge on any atom is -0.378 e. The predicted molar refractivity (Wildman–Crippen MR) is 83.1 cm³/mol. The first-order valence-electron chi connectivity index (χ1n) is 7.86. The monoisotopic (exact) mass is 305 g/mol. The Morgan fingerprint density at radius 1 is 1.27 bits per heavy atom. The van der Waals surface area contributed by atoms with Crippen molar-refractivity contribution in [3.8, 4) is 0 Å². The molecular formula is C16H23N3O3. The van der Waals surface area contributed by atoms with E-state index < -0.39 is 0 Å². The Labute approximate surface area is 130 Å². The first-order valence-corrected chi connectivity index (χ1v) is 7.86. The number of hydrogen-bond donors (Lipinski definition) is 1. The van der Waals surface area contributed by atoms with E-state index in [0.717, 1.165) is 18.8 Å². The number of rotatable bonds is 3. The number of hydrogen-bond acceptors (Lipinski definition) is 4. The second-order valence-corrected chi connectivity index (χ2v) is 6.20. The standard InChI is InChI=1S/C16H23N3O3/c1-11-7-12(20)8-14(18(11)2)16(21)17-13-9-22-10-15(13)19-5-3-4-6-19/h7-8,13,15H,3-6,9-10H2,1-2H3,(H,17,21)/t13-,15-/m0/s1. The number of nitrogens with one attached hydrogen (secondary N) is 1. The average Bonchev–Trinajstić information content (AvgIpc) is 3.13. The summed E-state index contributed by atoms with van der Waals surface area (Å²) in [6.45, 7) is 5.17. The molecule has 0 unspecified atom stereocenters. The molecular weight excluding hydrogens is 282 g/mol. The molecule has 1 amide bonds. The molecule has 0 bridgehead atoms. The van der Waals surface area contributed by atoms with Crippen molar-refractivity contribution in [3.63, 3.8) is 0 Å². The summed E-state index contributed by atoms with van der Waals surface area (Å²) in [4.78, 5) is 26.6. The fraction of sp³-hybridized carbons (Fsp3) is 0.625. The molecule has 2 aliphatic heterocycles. The molecule has 0 saturated carbocycles. The Balaban J connectivity index is 1.75. The molecule has 3 rings (SSSR count). The fourth-order valence-corrected chi connectivity index (χ4v) is 3.34. The van der Waals surface area contributed by atoms with Gasteiger partial charge in [-0.15, -0.1) is 0 Å². The Morgan fingerprint density at radius 2 is 2.00 bits per heavy atom. The van der Waals surface area contributed by atoms with Gasteiger partial charge in [-0.3, -0.25) is 14.5 Å². The zero-order valence-corrected chi connectivity index (χ0v) is 13.2. The zero-order chi connectivity index (χ0) is 15.7. The Kier molecular flexibility index (Phi) is 4.31. The van der Waals surface area contributed by atoms with Gasteiger partial charge in [0.15, 0.2) is 5.43 Å². The lowest BCUT2D eigenvalue weighted by Crippen LogP contribution is -2.50. The van der Waals surface area contributed by atoms with Crippen LogP contribution in [0.15, 0.2) is 16.9 Å². The highest BCUT2D eigenvalue weighted by molar-refractivity contribution is 5.92. The largest absolute Gasteiger partial charge is 0.378 e. The fourth-order valence-electron chi connectivity index (χ4n) is 3.34. The SMILES string of the molecule is Cc1cc(=O)cc(C(=O)N[C@H]2COC[C@@H]2N2CCCC2)n1C. The van der Waals surface area contributed by atoms with Crippen molar-refractivity contribution < 1.29 is 9.53 Å². The van der Waals surface area contributed by atoms with Crippen LogP contribution in [0.3, 0.4) is 0 Å². The van der Waals surface area contributed by atoms with E-state index in [0.29, 0.717) is 18.9 Å². The molecule has 1 N–H and O–H groups in total. The number of likely N-dealkylation sites (tertiary alicyclic amines) is 1. The molecule has 0 aromatic carbocycles. The minimum atomic E-state index is -0.206. The van der Waals surface area contributed by atoms with E-state index in [2.05, 4.69) is 10.2 Å². The van der Waals surface area contributed by atoms with Gasteiger partial charge in [0, 0.05) is 24.9 Å². The molecule has 0 spiro atoms. The summed E-state index contributed by atoms with van der Waals surface area (Å²) >= 11 is 0. The topological polar surface area (TPSA) is 63.6 Å². The molecule has 3 heterocycles. The van der Waals surface area contributed by atoms with E-state index in [-0.39, 0.29) is 23.4 Å². The highest BCUT2D eigenvalue weighted by atomic mass is 16.5. The van der Waals surface area contributed by atoms with E-state index in [1.807, 2.05) is 6.92 Å². The Bertz CT molecular complexity index is 620. The number of ether oxygens (including phenoxy) is 1. The third kappa shape index (κ3) is 2.94. The summed E-state index contributed by atoms with van der Waals surface area (Å²) in [5.74, 6) is -0.206. The van der Waals surface area contributed by atoms with Gasteiger partial charge in [-0.2, -0.15) is 0 Å². The van der Waals surface area contributed by atoms with E-state index in [1.165, 1.54) is 25.0 Å². The average molecular weight is 305 g/mol. The highest BCUT2D eigenvalue weighted by Crippen LogP contribution is 2.19. The second kappa shape index (κ2) is 6.22. The lowest BCUT2D eigenvalue weighted by Gasteiger charge is -2.28. The first kappa shape index (κ1) is 15.2. The normalized spacial score (nSPS) is 25.5. The van der Waals surface area contributed by atoms with E-state index in [1.54, 1.807) is 11.6 Å². The summed E-state index contributed by atoms with van der Waals surface area (Å²) in [6, 6.07) is 3.15. The lowest BCUT2D eigenvalue weighted by molar-refractivity contribution is 0.0907. The molecule has 120 valence electrons. The molecule has 6 heteroatoms. The van der Waals surface area contributed by atoms with Crippen LogP contribution in [-0.2, 0) is 11.8 Å². The van der Waals surface area contributed by atoms with Gasteiger partial charge in [-0.25, -0.2) is 0 Å². The van der Waals surface area contributed by atoms with Gasteiger partial charge in [0.1, 0.15) is 5.69 Å². The van der Waals surface area contributed by atoms with Gasteiger partial charge in [0.25, 0.3) is 5.91 Å². The molecule has 22 heavy (non-hydrogen) atoms. The lowest BCUT2D eigenvalue weighted by atomic mass is 10.1. The maximum absolute atomic E-state index is 12.5. The highest BCUT2D eigenvalue weighted by Gasteiger charge is 2.35. The molecule has 1 aromatic heterocycles. The molecule has 0 aliphatic carbocycles. The maximum atomic E-state index is 12.5. The van der Waals surface area contributed by atoms with Gasteiger partial charge in [0.05, 0.1) is 25.3 Å². The number of aryl methyl sites for hydroxylation is 1. The zero-order valence-electron chi connectivity index (χ0n) is 13.2. The molecule has 6 nitrogen and oxygen atoms in total. The van der Waals surface area contributed by atoms with E-state index in [9.17, 15) is 9.59 Å². The molecule has 2 aliphatic rings. The molecule has 1 aromatic rings. The van der Waals surface area contributed by atoms with Crippen LogP contribution in [0.1, 0.15) is 29.0 Å². The van der Waals surface area contributed by atoms with Crippen LogP contribution in [0.2, 0.25) is 0 Å². The van der Waals surface area contributed by atoms with Crippen molar-refractivity contribution in [1.82, 2.24) is 14.8 Å². The molecule has 2 atom stereocenters. The van der Waals surface area contributed by atoms with Crippen LogP contribution in [-0.4, -0.2) is 53.8 Å². The van der Waals surface area contributed by atoms with Gasteiger partial charge < -0.3 is 14.6 Å². The Morgan fingerprint density at radius 3 is 2.73 bits per heavy atom. The van der Waals surface area contributed by atoms with Gasteiger partial charge >= 0.3 is 0 Å². The van der Waals surface area contributed by atoms with E-state index >= 15 is 0 Å².